The lowest BCUT2D eigenvalue weighted by Gasteiger charge is -2.33. The third-order valence-electron chi connectivity index (χ3n) is 8.85. The topological polar surface area (TPSA) is 72.9 Å². The second kappa shape index (κ2) is 18.5. The molecule has 0 amide bonds. The van der Waals surface area contributed by atoms with Crippen LogP contribution in [0.15, 0.2) is 137 Å². The molecule has 0 saturated heterocycles. The number of hydrogen-bond acceptors (Lipinski definition) is 6. The first-order valence-corrected chi connectivity index (χ1v) is 19.4. The van der Waals surface area contributed by atoms with Crippen LogP contribution in [0.4, 0.5) is 0 Å². The summed E-state index contributed by atoms with van der Waals surface area (Å²) in [6.45, 7) is 2.31. The highest BCUT2D eigenvalue weighted by Gasteiger charge is 2.23. The Morgan fingerprint density at radius 2 is 1.54 bits per heavy atom. The first-order valence-electron chi connectivity index (χ1n) is 17.1. The van der Waals surface area contributed by atoms with Crippen LogP contribution in [0.3, 0.4) is 0 Å². The van der Waals surface area contributed by atoms with Crippen LogP contribution in [0, 0.1) is 0 Å². The Morgan fingerprint density at radius 3 is 2.21 bits per heavy atom. The van der Waals surface area contributed by atoms with Crippen molar-refractivity contribution in [2.45, 2.75) is 23.8 Å². The molecular weight excluding hydrogens is 758 g/mol. The molecule has 0 spiro atoms. The number of methoxy groups -OCH3 is 2. The molecule has 0 bridgehead atoms. The van der Waals surface area contributed by atoms with E-state index >= 15 is 0 Å². The van der Waals surface area contributed by atoms with Gasteiger partial charge in [-0.05, 0) is 89.3 Å². The molecule has 0 aliphatic rings. The normalized spacial score (nSPS) is 12.0. The largest absolute Gasteiger partial charge is 0.497 e. The van der Waals surface area contributed by atoms with Crippen LogP contribution in [-0.2, 0) is 17.4 Å². The minimum Gasteiger partial charge on any atom is -0.497 e. The molecule has 0 saturated carbocycles. The zero-order chi connectivity index (χ0) is 36.3. The summed E-state index contributed by atoms with van der Waals surface area (Å²) in [4.78, 5) is 7.36. The van der Waals surface area contributed by atoms with Gasteiger partial charge in [0.1, 0.15) is 28.2 Å². The van der Waals surface area contributed by atoms with Crippen LogP contribution in [0.1, 0.15) is 34.7 Å². The van der Waals surface area contributed by atoms with Crippen molar-refractivity contribution in [3.05, 3.63) is 159 Å². The highest BCUT2D eigenvalue weighted by atomic mass is 79.9. The average molecular weight is 799 g/mol. The number of benzene rings is 5. The van der Waals surface area contributed by atoms with Crippen LogP contribution in [0.2, 0.25) is 5.02 Å². The van der Waals surface area contributed by atoms with Gasteiger partial charge in [-0.25, -0.2) is 8.93 Å². The maximum absolute atomic E-state index is 13.7. The molecule has 1 heterocycles. The van der Waals surface area contributed by atoms with Crippen molar-refractivity contribution < 1.29 is 18.4 Å². The van der Waals surface area contributed by atoms with E-state index in [1.165, 1.54) is 5.56 Å². The van der Waals surface area contributed by atoms with Crippen molar-refractivity contribution in [1.82, 2.24) is 14.6 Å². The van der Waals surface area contributed by atoms with Gasteiger partial charge in [-0.1, -0.05) is 82.1 Å². The SMILES string of the molecule is COc1ccc(C(c2ccc(OC)cc2)N(CCCOc2ccc(Cl)cc2Cc2ccccc2)CCNS(=O)c2cc(Br)cc3cnccc23)cc1. The Morgan fingerprint density at radius 1 is 0.846 bits per heavy atom. The zero-order valence-corrected chi connectivity index (χ0v) is 32.3. The van der Waals surface area contributed by atoms with Crippen molar-refractivity contribution in [2.75, 3.05) is 40.5 Å². The van der Waals surface area contributed by atoms with E-state index < -0.39 is 11.0 Å². The summed E-state index contributed by atoms with van der Waals surface area (Å²) in [7, 11) is 1.89. The summed E-state index contributed by atoms with van der Waals surface area (Å²) in [5, 5.41) is 2.51. The summed E-state index contributed by atoms with van der Waals surface area (Å²) in [6.07, 6.45) is 4.99. The van der Waals surface area contributed by atoms with E-state index in [-0.39, 0.29) is 6.04 Å². The Balaban J connectivity index is 1.23. The number of ether oxygens (including phenoxy) is 3. The van der Waals surface area contributed by atoms with Gasteiger partial charge >= 0.3 is 0 Å². The Bertz CT molecular complexity index is 2040. The zero-order valence-electron chi connectivity index (χ0n) is 29.1. The second-order valence-corrected chi connectivity index (χ2v) is 14.9. The van der Waals surface area contributed by atoms with Crippen molar-refractivity contribution in [3.8, 4) is 17.2 Å². The highest BCUT2D eigenvalue weighted by Crippen LogP contribution is 2.32. The van der Waals surface area contributed by atoms with Gasteiger partial charge in [-0.3, -0.25) is 9.88 Å². The fourth-order valence-corrected chi connectivity index (χ4v) is 8.17. The number of nitrogens with zero attached hydrogens (tertiary/aromatic N) is 2. The fraction of sp³-hybridized carbons (Fsp3) is 0.214. The number of fused-ring (bicyclic) bond motifs is 1. The van der Waals surface area contributed by atoms with E-state index in [0.717, 1.165) is 62.0 Å². The van der Waals surface area contributed by atoms with Crippen LogP contribution in [0.5, 0.6) is 17.2 Å². The molecule has 5 aromatic carbocycles. The Labute approximate surface area is 321 Å². The van der Waals surface area contributed by atoms with E-state index in [1.807, 2.05) is 78.9 Å². The lowest BCUT2D eigenvalue weighted by Crippen LogP contribution is -2.37. The van der Waals surface area contributed by atoms with Gasteiger partial charge in [0.15, 0.2) is 0 Å². The van der Waals surface area contributed by atoms with Crippen LogP contribution in [-0.4, -0.2) is 54.6 Å². The molecule has 6 aromatic rings. The number of hydrogen-bond donors (Lipinski definition) is 1. The van der Waals surface area contributed by atoms with Gasteiger partial charge in [-0.15, -0.1) is 0 Å². The fourth-order valence-electron chi connectivity index (χ4n) is 6.30. The quantitative estimate of drug-likeness (QED) is 0.0928. The van der Waals surface area contributed by atoms with Gasteiger partial charge in [0.25, 0.3) is 0 Å². The van der Waals surface area contributed by atoms with Gasteiger partial charge < -0.3 is 14.2 Å². The molecule has 1 atom stereocenters. The minimum atomic E-state index is -1.45. The molecule has 7 nitrogen and oxygen atoms in total. The van der Waals surface area contributed by atoms with E-state index in [4.69, 9.17) is 25.8 Å². The van der Waals surface area contributed by atoms with Gasteiger partial charge in [0.2, 0.25) is 0 Å². The van der Waals surface area contributed by atoms with E-state index in [9.17, 15) is 4.21 Å². The third kappa shape index (κ3) is 9.79. The van der Waals surface area contributed by atoms with Gasteiger partial charge in [0, 0.05) is 58.7 Å². The molecule has 268 valence electrons. The summed E-state index contributed by atoms with van der Waals surface area (Å²) in [5.74, 6) is 2.41. The molecule has 52 heavy (non-hydrogen) atoms. The number of nitrogens with one attached hydrogen (secondary N) is 1. The average Bonchev–Trinajstić information content (AvgIpc) is 3.17. The minimum absolute atomic E-state index is 0.103. The first kappa shape index (κ1) is 37.5. The van der Waals surface area contributed by atoms with Crippen molar-refractivity contribution in [1.29, 1.82) is 0 Å². The predicted molar refractivity (Wildman–Crippen MR) is 214 cm³/mol. The monoisotopic (exact) mass is 797 g/mol. The molecule has 10 heteroatoms. The smallest absolute Gasteiger partial charge is 0.125 e. The highest BCUT2D eigenvalue weighted by molar-refractivity contribution is 9.10. The number of aromatic nitrogens is 1. The standard InChI is InChI=1S/C42H41BrClN3O4S/c1-49-37-14-9-31(10-15-37)42(32-11-16-38(50-2)17-12-32)47(23-21-46-52(48)41-28-35(43)26-34-29-45-20-19-39(34)41)22-6-24-51-40-18-13-36(44)27-33(40)25-30-7-4-3-5-8-30/h3-5,7-20,26-29,42,46H,6,21-25H2,1-2H3. The maximum Gasteiger partial charge on any atom is 0.125 e. The molecule has 0 radical (unpaired) electrons. The van der Waals surface area contributed by atoms with Crippen molar-refractivity contribution in [2.24, 2.45) is 0 Å². The van der Waals surface area contributed by atoms with Gasteiger partial charge in [-0.2, -0.15) is 0 Å². The maximum atomic E-state index is 13.7. The van der Waals surface area contributed by atoms with E-state index in [0.29, 0.717) is 36.2 Å². The van der Waals surface area contributed by atoms with E-state index in [1.54, 1.807) is 26.6 Å². The molecule has 0 fully saturated rings. The lowest BCUT2D eigenvalue weighted by molar-refractivity contribution is 0.203. The third-order valence-corrected chi connectivity index (χ3v) is 10.7. The van der Waals surface area contributed by atoms with Crippen molar-refractivity contribution >= 4 is 49.3 Å². The lowest BCUT2D eigenvalue weighted by atomic mass is 9.96. The van der Waals surface area contributed by atoms with Crippen LogP contribution < -0.4 is 18.9 Å². The number of rotatable bonds is 17. The predicted octanol–water partition coefficient (Wildman–Crippen LogP) is 9.43. The molecule has 1 unspecified atom stereocenters. The summed E-state index contributed by atoms with van der Waals surface area (Å²) < 4.78 is 35.3. The van der Waals surface area contributed by atoms with Gasteiger partial charge in [0.05, 0.1) is 31.8 Å². The molecule has 0 aliphatic heterocycles. The first-order chi connectivity index (χ1) is 25.4. The summed E-state index contributed by atoms with van der Waals surface area (Å²) >= 11 is 9.99. The van der Waals surface area contributed by atoms with Crippen LogP contribution in [0.25, 0.3) is 10.8 Å². The van der Waals surface area contributed by atoms with E-state index in [2.05, 4.69) is 66.9 Å². The second-order valence-electron chi connectivity index (χ2n) is 12.3. The Kier molecular flexibility index (Phi) is 13.3. The molecular formula is C42H41BrClN3O4S. The van der Waals surface area contributed by atoms with Crippen molar-refractivity contribution in [3.63, 3.8) is 0 Å². The number of halogens is 2. The molecule has 0 aliphatic carbocycles. The summed E-state index contributed by atoms with van der Waals surface area (Å²) in [5.41, 5.74) is 4.47. The molecule has 6 rings (SSSR count). The summed E-state index contributed by atoms with van der Waals surface area (Å²) in [6, 6.07) is 38.2. The van der Waals surface area contributed by atoms with Crippen LogP contribution >= 0.6 is 27.5 Å². The number of pyridine rings is 1. The molecule has 1 N–H and O–H groups in total. The molecule has 1 aromatic heterocycles. The Hall–Kier alpha value is -4.25.